The van der Waals surface area contributed by atoms with Gasteiger partial charge in [-0.15, -0.1) is 0 Å². The Morgan fingerprint density at radius 1 is 0.667 bits per heavy atom. The molecule has 0 aliphatic carbocycles. The van der Waals surface area contributed by atoms with Gasteiger partial charge in [0.1, 0.15) is 17.0 Å². The van der Waals surface area contributed by atoms with Gasteiger partial charge in [0.2, 0.25) is 0 Å². The van der Waals surface area contributed by atoms with Crippen molar-refractivity contribution in [2.75, 3.05) is 5.33 Å². The largest absolute Gasteiger partial charge is 0.205 e. The minimum Gasteiger partial charge on any atom is -0.205 e. The zero-order chi connectivity index (χ0) is 27.8. The number of hydrogen-bond donors (Lipinski definition) is 0. The molecule has 0 nitrogen and oxygen atoms in total. The Labute approximate surface area is 239 Å². The van der Waals surface area contributed by atoms with Crippen LogP contribution in [0.1, 0.15) is 63.8 Å². The lowest BCUT2D eigenvalue weighted by Gasteiger charge is -2.32. The van der Waals surface area contributed by atoms with E-state index in [1.807, 2.05) is 75.4 Å². The van der Waals surface area contributed by atoms with Crippen LogP contribution in [0.2, 0.25) is 0 Å². The number of alkyl halides is 1. The third-order valence-electron chi connectivity index (χ3n) is 6.69. The van der Waals surface area contributed by atoms with E-state index in [0.29, 0.717) is 12.0 Å². The monoisotopic (exact) mass is 580 g/mol. The second-order valence-corrected chi connectivity index (χ2v) is 10.7. The van der Waals surface area contributed by atoms with Gasteiger partial charge in [0.25, 0.3) is 0 Å². The Morgan fingerprint density at radius 3 is 1.59 bits per heavy atom. The van der Waals surface area contributed by atoms with E-state index in [4.69, 9.17) is 0 Å². The molecule has 0 saturated heterocycles. The van der Waals surface area contributed by atoms with Crippen molar-refractivity contribution in [3.05, 3.63) is 141 Å². The molecule has 0 aliphatic heterocycles. The summed E-state index contributed by atoms with van der Waals surface area (Å²) in [5.41, 5.74) is 5.18. The molecule has 0 atom stereocenters. The molecule has 0 spiro atoms. The molecule has 196 valence electrons. The Morgan fingerprint density at radius 2 is 1.15 bits per heavy atom. The minimum absolute atomic E-state index is 0.253. The van der Waals surface area contributed by atoms with Crippen LogP contribution in [0, 0.1) is 56.1 Å². The molecule has 3 heteroatoms. The van der Waals surface area contributed by atoms with Gasteiger partial charge in [0, 0.05) is 17.3 Å². The van der Waals surface area contributed by atoms with E-state index in [1.54, 1.807) is 0 Å². The first-order valence-electron chi connectivity index (χ1n) is 13.1. The molecular weight excluding hydrogens is 550 g/mol. The van der Waals surface area contributed by atoms with E-state index in [1.165, 1.54) is 12.1 Å². The normalized spacial score (nSPS) is 10.8. The van der Waals surface area contributed by atoms with Crippen LogP contribution in [0.3, 0.4) is 0 Å². The molecule has 39 heavy (non-hydrogen) atoms. The van der Waals surface area contributed by atoms with E-state index in [-0.39, 0.29) is 5.56 Å². The molecule has 0 heterocycles. The van der Waals surface area contributed by atoms with Crippen LogP contribution in [0.4, 0.5) is 8.78 Å². The van der Waals surface area contributed by atoms with Crippen molar-refractivity contribution in [3.63, 3.8) is 0 Å². The number of aryl methyl sites for hydroxylation is 3. The molecule has 4 rings (SSSR count). The summed E-state index contributed by atoms with van der Waals surface area (Å²) in [5.74, 6) is 10.8. The standard InChI is InChI=1S/C36H31BrF2/c1-26-11-8-15-30(21-26)36(31-16-9-12-27(2)22-31,32-17-10-13-28(3)23-32)19-18-33-34(38)24-29(25-35(33)39)14-6-4-5-7-20-37/h8-13,15-17,21-25H,4-5,7,20H2,1-3H3. The number of rotatable bonds is 6. The van der Waals surface area contributed by atoms with Crippen LogP contribution in [-0.2, 0) is 5.41 Å². The van der Waals surface area contributed by atoms with Crippen molar-refractivity contribution in [3.8, 4) is 23.7 Å². The third-order valence-corrected chi connectivity index (χ3v) is 7.25. The molecule has 0 fully saturated rings. The highest BCUT2D eigenvalue weighted by Gasteiger charge is 2.35. The average molecular weight is 582 g/mol. The summed E-state index contributed by atoms with van der Waals surface area (Å²) in [7, 11) is 0. The van der Waals surface area contributed by atoms with E-state index in [2.05, 4.69) is 57.8 Å². The molecule has 0 aromatic heterocycles. The predicted octanol–water partition coefficient (Wildman–Crippen LogP) is 9.19. The van der Waals surface area contributed by atoms with E-state index in [0.717, 1.165) is 51.6 Å². The first kappa shape index (κ1) is 28.4. The van der Waals surface area contributed by atoms with E-state index >= 15 is 8.78 Å². The third kappa shape index (κ3) is 6.68. The maximum Gasteiger partial charge on any atom is 0.143 e. The van der Waals surface area contributed by atoms with Crippen LogP contribution in [0.15, 0.2) is 84.9 Å². The van der Waals surface area contributed by atoms with E-state index < -0.39 is 17.0 Å². The maximum atomic E-state index is 15.3. The summed E-state index contributed by atoms with van der Waals surface area (Å²) in [4.78, 5) is 0. The summed E-state index contributed by atoms with van der Waals surface area (Å²) in [6.07, 6.45) is 2.63. The number of unbranched alkanes of at least 4 members (excludes halogenated alkanes) is 2. The summed E-state index contributed by atoms with van der Waals surface area (Å²) in [6.45, 7) is 6.10. The predicted molar refractivity (Wildman–Crippen MR) is 161 cm³/mol. The van der Waals surface area contributed by atoms with Gasteiger partial charge in [-0.05, 0) is 62.4 Å². The summed E-state index contributed by atoms with van der Waals surface area (Å²) in [5, 5.41) is 0.917. The van der Waals surface area contributed by atoms with Crippen molar-refractivity contribution in [2.45, 2.75) is 45.4 Å². The zero-order valence-corrected chi connectivity index (χ0v) is 24.1. The van der Waals surface area contributed by atoms with Crippen LogP contribution < -0.4 is 0 Å². The fourth-order valence-electron chi connectivity index (χ4n) is 4.74. The molecule has 0 saturated carbocycles. The Hall–Kier alpha value is -3.66. The zero-order valence-electron chi connectivity index (χ0n) is 22.5. The summed E-state index contributed by atoms with van der Waals surface area (Å²) in [6, 6.07) is 27.1. The average Bonchev–Trinajstić information content (AvgIpc) is 2.90. The first-order chi connectivity index (χ1) is 18.8. The van der Waals surface area contributed by atoms with Crippen molar-refractivity contribution in [1.82, 2.24) is 0 Å². The molecular formula is C36H31BrF2. The minimum atomic E-state index is -0.948. The molecule has 4 aromatic carbocycles. The Kier molecular flexibility index (Phi) is 9.40. The lowest BCUT2D eigenvalue weighted by atomic mass is 9.69. The SMILES string of the molecule is Cc1cccc(C(C#Cc2c(F)cc(C#CCCCCBr)cc2F)(c2cccc(C)c2)c2cccc(C)c2)c1. The van der Waals surface area contributed by atoms with Crippen LogP contribution >= 0.6 is 15.9 Å². The highest BCUT2D eigenvalue weighted by molar-refractivity contribution is 9.09. The highest BCUT2D eigenvalue weighted by atomic mass is 79.9. The van der Waals surface area contributed by atoms with Crippen molar-refractivity contribution < 1.29 is 8.78 Å². The molecule has 0 unspecified atom stereocenters. The van der Waals surface area contributed by atoms with Gasteiger partial charge >= 0.3 is 0 Å². The molecule has 4 aromatic rings. The molecule has 0 radical (unpaired) electrons. The van der Waals surface area contributed by atoms with Crippen LogP contribution in [0.5, 0.6) is 0 Å². The van der Waals surface area contributed by atoms with Crippen molar-refractivity contribution in [2.24, 2.45) is 0 Å². The quantitative estimate of drug-likeness (QED) is 0.0922. The number of hydrogen-bond acceptors (Lipinski definition) is 0. The van der Waals surface area contributed by atoms with Crippen molar-refractivity contribution >= 4 is 15.9 Å². The fourth-order valence-corrected chi connectivity index (χ4v) is 5.14. The second-order valence-electron chi connectivity index (χ2n) is 9.87. The smallest absolute Gasteiger partial charge is 0.143 e. The first-order valence-corrected chi connectivity index (χ1v) is 14.2. The van der Waals surface area contributed by atoms with Gasteiger partial charge in [-0.2, -0.15) is 0 Å². The van der Waals surface area contributed by atoms with Crippen LogP contribution in [-0.4, -0.2) is 5.33 Å². The Bertz CT molecular complexity index is 1460. The second kappa shape index (κ2) is 12.9. The van der Waals surface area contributed by atoms with Gasteiger partial charge in [-0.3, -0.25) is 0 Å². The summed E-state index contributed by atoms with van der Waals surface area (Å²) < 4.78 is 30.6. The molecule has 0 N–H and O–H groups in total. The van der Waals surface area contributed by atoms with Gasteiger partial charge in [-0.1, -0.05) is 129 Å². The van der Waals surface area contributed by atoms with Gasteiger partial charge in [0.05, 0.1) is 5.56 Å². The van der Waals surface area contributed by atoms with Crippen LogP contribution in [0.25, 0.3) is 0 Å². The van der Waals surface area contributed by atoms with Gasteiger partial charge in [-0.25, -0.2) is 8.78 Å². The number of halogens is 3. The summed E-state index contributed by atoms with van der Waals surface area (Å²) >= 11 is 3.40. The topological polar surface area (TPSA) is 0 Å². The fraction of sp³-hybridized carbons (Fsp3) is 0.222. The molecule has 0 amide bonds. The lowest BCUT2D eigenvalue weighted by Crippen LogP contribution is -2.28. The van der Waals surface area contributed by atoms with E-state index in [9.17, 15) is 0 Å². The molecule has 0 bridgehead atoms. The highest BCUT2D eigenvalue weighted by Crippen LogP contribution is 2.40. The maximum absolute atomic E-state index is 15.3. The van der Waals surface area contributed by atoms with Crippen molar-refractivity contribution in [1.29, 1.82) is 0 Å². The van der Waals surface area contributed by atoms with Gasteiger partial charge in [0.15, 0.2) is 0 Å². The number of benzene rings is 4. The molecule has 0 aliphatic rings. The Balaban J connectivity index is 1.92. The van der Waals surface area contributed by atoms with Gasteiger partial charge < -0.3 is 0 Å². The lowest BCUT2D eigenvalue weighted by molar-refractivity contribution is 0.576.